The molecule has 0 amide bonds. The number of aromatic nitrogens is 1. The van der Waals surface area contributed by atoms with Crippen molar-refractivity contribution in [3.05, 3.63) is 20.8 Å². The quantitative estimate of drug-likeness (QED) is 0.814. The Labute approximate surface area is 133 Å². The van der Waals surface area contributed by atoms with Gasteiger partial charge in [-0.2, -0.15) is 4.37 Å². The van der Waals surface area contributed by atoms with Crippen molar-refractivity contribution in [1.29, 1.82) is 0 Å². The summed E-state index contributed by atoms with van der Waals surface area (Å²) < 4.78 is 29.7. The van der Waals surface area contributed by atoms with E-state index < -0.39 is 9.84 Å². The third kappa shape index (κ3) is 2.72. The fraction of sp³-hybridized carbons (Fsp3) is 0.364. The Morgan fingerprint density at radius 2 is 2.25 bits per heavy atom. The van der Waals surface area contributed by atoms with Crippen molar-refractivity contribution in [1.82, 2.24) is 4.37 Å². The van der Waals surface area contributed by atoms with Gasteiger partial charge in [-0.3, -0.25) is 0 Å². The van der Waals surface area contributed by atoms with Crippen molar-refractivity contribution in [3.8, 4) is 0 Å². The average molecular weight is 394 g/mol. The lowest BCUT2D eigenvalue weighted by Crippen LogP contribution is -2.11. The Balaban J connectivity index is 1.84. The second-order valence-electron chi connectivity index (χ2n) is 4.56. The minimum absolute atomic E-state index is 0.108. The monoisotopic (exact) mass is 393 g/mol. The molecule has 1 fully saturated rings. The summed E-state index contributed by atoms with van der Waals surface area (Å²) in [4.78, 5) is 1.29. The van der Waals surface area contributed by atoms with E-state index in [-0.39, 0.29) is 16.0 Å². The first-order chi connectivity index (χ1) is 9.48. The van der Waals surface area contributed by atoms with Crippen LogP contribution in [0.25, 0.3) is 0 Å². The molecule has 0 unspecified atom stereocenters. The van der Waals surface area contributed by atoms with Crippen LogP contribution >= 0.6 is 38.8 Å². The molecule has 2 heterocycles. The predicted molar refractivity (Wildman–Crippen MR) is 86.1 cm³/mol. The van der Waals surface area contributed by atoms with Gasteiger partial charge in [-0.1, -0.05) is 0 Å². The van der Waals surface area contributed by atoms with Gasteiger partial charge in [0.05, 0.1) is 11.8 Å². The van der Waals surface area contributed by atoms with Crippen molar-refractivity contribution in [3.63, 3.8) is 0 Å². The van der Waals surface area contributed by atoms with E-state index in [1.807, 2.05) is 11.4 Å². The third-order valence-electron chi connectivity index (χ3n) is 2.97. The molecule has 1 saturated carbocycles. The normalized spacial score (nSPS) is 15.4. The maximum atomic E-state index is 12.4. The summed E-state index contributed by atoms with van der Waals surface area (Å²) in [5.74, 6) is 0.108. The molecule has 108 valence electrons. The van der Waals surface area contributed by atoms with Crippen LogP contribution in [0.15, 0.2) is 20.8 Å². The molecule has 0 spiro atoms. The highest BCUT2D eigenvalue weighted by atomic mass is 79.9. The van der Waals surface area contributed by atoms with Crippen LogP contribution in [0.2, 0.25) is 0 Å². The van der Waals surface area contributed by atoms with E-state index in [1.165, 1.54) is 0 Å². The van der Waals surface area contributed by atoms with Gasteiger partial charge in [0, 0.05) is 14.7 Å². The molecular formula is C11H12BrN3O2S3. The average Bonchev–Trinajstić information content (AvgIpc) is 3.08. The summed E-state index contributed by atoms with van der Waals surface area (Å²) in [6.45, 7) is 0.561. The van der Waals surface area contributed by atoms with Gasteiger partial charge < -0.3 is 11.1 Å². The second kappa shape index (κ2) is 5.28. The minimum Gasteiger partial charge on any atom is -0.382 e. The summed E-state index contributed by atoms with van der Waals surface area (Å²) in [6.07, 6.45) is 1.43. The molecule has 1 aliphatic carbocycles. The largest absolute Gasteiger partial charge is 0.382 e. The number of hydrogen-bond donors (Lipinski definition) is 2. The van der Waals surface area contributed by atoms with Crippen LogP contribution in [-0.4, -0.2) is 18.0 Å². The van der Waals surface area contributed by atoms with Crippen molar-refractivity contribution < 1.29 is 8.42 Å². The lowest BCUT2D eigenvalue weighted by Gasteiger charge is -2.06. The Hall–Kier alpha value is -0.640. The molecule has 1 aliphatic rings. The Morgan fingerprint density at radius 3 is 2.85 bits per heavy atom. The number of nitrogens with two attached hydrogens (primary N) is 1. The van der Waals surface area contributed by atoms with Crippen LogP contribution in [-0.2, 0) is 16.4 Å². The summed E-state index contributed by atoms with van der Waals surface area (Å²) in [7, 11) is -3.33. The first-order valence-electron chi connectivity index (χ1n) is 5.94. The highest BCUT2D eigenvalue weighted by Crippen LogP contribution is 2.41. The topological polar surface area (TPSA) is 85.1 Å². The number of hydrogen-bond acceptors (Lipinski definition) is 7. The van der Waals surface area contributed by atoms with Crippen LogP contribution < -0.4 is 11.1 Å². The lowest BCUT2D eigenvalue weighted by molar-refractivity contribution is 0.595. The number of thiophene rings is 1. The van der Waals surface area contributed by atoms with E-state index in [9.17, 15) is 8.42 Å². The van der Waals surface area contributed by atoms with Crippen LogP contribution in [0.1, 0.15) is 17.7 Å². The van der Waals surface area contributed by atoms with Crippen molar-refractivity contribution in [2.45, 2.75) is 29.5 Å². The van der Waals surface area contributed by atoms with Crippen molar-refractivity contribution >= 4 is 59.5 Å². The Bertz CT molecular complexity index is 734. The van der Waals surface area contributed by atoms with E-state index in [0.29, 0.717) is 11.5 Å². The number of rotatable bonds is 5. The molecule has 2 aromatic rings. The molecule has 3 N–H and O–H groups in total. The van der Waals surface area contributed by atoms with Gasteiger partial charge in [0.15, 0.2) is 15.7 Å². The highest BCUT2D eigenvalue weighted by molar-refractivity contribution is 9.10. The molecule has 0 radical (unpaired) electrons. The van der Waals surface area contributed by atoms with Crippen LogP contribution in [0.3, 0.4) is 0 Å². The molecular weight excluding hydrogens is 382 g/mol. The van der Waals surface area contributed by atoms with E-state index in [0.717, 1.165) is 33.7 Å². The van der Waals surface area contributed by atoms with Gasteiger partial charge >= 0.3 is 0 Å². The maximum absolute atomic E-state index is 12.4. The molecule has 0 aliphatic heterocycles. The first-order valence-corrected chi connectivity index (χ1v) is 9.93. The summed E-state index contributed by atoms with van der Waals surface area (Å²) in [5.41, 5.74) is 5.74. The van der Waals surface area contributed by atoms with Gasteiger partial charge in [-0.15, -0.1) is 11.3 Å². The summed E-state index contributed by atoms with van der Waals surface area (Å²) >= 11 is 6.10. The predicted octanol–water partition coefficient (Wildman–Crippen LogP) is 3.10. The lowest BCUT2D eigenvalue weighted by atomic mass is 10.4. The fourth-order valence-electron chi connectivity index (χ4n) is 1.84. The van der Waals surface area contributed by atoms with Crippen LogP contribution in [0.5, 0.6) is 0 Å². The number of anilines is 2. The third-order valence-corrected chi connectivity index (χ3v) is 7.94. The minimum atomic E-state index is -3.33. The van der Waals surface area contributed by atoms with E-state index in [4.69, 9.17) is 5.73 Å². The van der Waals surface area contributed by atoms with Gasteiger partial charge in [-0.25, -0.2) is 8.42 Å². The van der Waals surface area contributed by atoms with E-state index in [2.05, 4.69) is 25.6 Å². The Morgan fingerprint density at radius 1 is 1.50 bits per heavy atom. The molecule has 3 rings (SSSR count). The summed E-state index contributed by atoms with van der Waals surface area (Å²) in [5, 5.41) is 5.39. The number of nitrogen functional groups attached to an aromatic ring is 1. The van der Waals surface area contributed by atoms with Gasteiger partial charge in [-0.05, 0) is 46.4 Å². The Kier molecular flexibility index (Phi) is 3.78. The standard InChI is InChI=1S/C11H12BrN3O2S3/c12-6-3-7(18-5-6)4-14-11-9(10(13)15-19-11)20(16,17)8-1-2-8/h3,5,8,14H,1-2,4H2,(H2,13,15). The molecule has 5 nitrogen and oxygen atoms in total. The zero-order valence-corrected chi connectivity index (χ0v) is 14.3. The van der Waals surface area contributed by atoms with E-state index in [1.54, 1.807) is 11.3 Å². The number of nitrogens with zero attached hydrogens (tertiary/aromatic N) is 1. The number of halogens is 1. The zero-order chi connectivity index (χ0) is 14.3. The zero-order valence-electron chi connectivity index (χ0n) is 10.3. The van der Waals surface area contributed by atoms with Gasteiger partial charge in [0.25, 0.3) is 0 Å². The number of sulfone groups is 1. The summed E-state index contributed by atoms with van der Waals surface area (Å²) in [6, 6.07) is 2.00. The second-order valence-corrected chi connectivity index (χ2v) is 9.41. The van der Waals surface area contributed by atoms with Gasteiger partial charge in [0.1, 0.15) is 9.90 Å². The molecule has 0 atom stereocenters. The molecule has 9 heteroatoms. The fourth-order valence-corrected chi connectivity index (χ4v) is 6.11. The maximum Gasteiger partial charge on any atom is 0.187 e. The molecule has 2 aromatic heterocycles. The van der Waals surface area contributed by atoms with Crippen molar-refractivity contribution in [2.24, 2.45) is 0 Å². The first kappa shape index (κ1) is 14.3. The van der Waals surface area contributed by atoms with Gasteiger partial charge in [0.2, 0.25) is 0 Å². The number of nitrogens with one attached hydrogen (secondary N) is 1. The van der Waals surface area contributed by atoms with E-state index >= 15 is 0 Å². The molecule has 0 bridgehead atoms. The molecule has 20 heavy (non-hydrogen) atoms. The molecule has 0 aromatic carbocycles. The van der Waals surface area contributed by atoms with Crippen LogP contribution in [0.4, 0.5) is 10.8 Å². The highest BCUT2D eigenvalue weighted by Gasteiger charge is 2.40. The van der Waals surface area contributed by atoms with Crippen molar-refractivity contribution in [2.75, 3.05) is 11.1 Å². The SMILES string of the molecule is Nc1nsc(NCc2cc(Br)cs2)c1S(=O)(=O)C1CC1. The smallest absolute Gasteiger partial charge is 0.187 e. The molecule has 0 saturated heterocycles. The van der Waals surface area contributed by atoms with Crippen LogP contribution in [0, 0.1) is 0 Å².